The lowest BCUT2D eigenvalue weighted by Crippen LogP contribution is -2.52. The maximum absolute atomic E-state index is 14.8. The maximum atomic E-state index is 14.8. The van der Waals surface area contributed by atoms with Crippen molar-refractivity contribution in [1.82, 2.24) is 19.8 Å². The van der Waals surface area contributed by atoms with Gasteiger partial charge in [0.25, 0.3) is 0 Å². The Morgan fingerprint density at radius 1 is 0.976 bits per heavy atom. The number of aromatic nitrogens is 2. The van der Waals surface area contributed by atoms with Gasteiger partial charge in [-0.3, -0.25) is 9.74 Å². The molecule has 0 saturated carbocycles. The lowest BCUT2D eigenvalue weighted by molar-refractivity contribution is 0.0982. The molecule has 9 nitrogen and oxygen atoms in total. The van der Waals surface area contributed by atoms with Crippen molar-refractivity contribution in [2.24, 2.45) is 0 Å². The number of rotatable bonds is 7. The van der Waals surface area contributed by atoms with Crippen LogP contribution in [0.4, 0.5) is 31.8 Å². The van der Waals surface area contributed by atoms with Crippen LogP contribution in [-0.2, 0) is 4.84 Å². The molecule has 1 N–H and O–H groups in total. The molecule has 0 aliphatic carbocycles. The number of ether oxygens (including phenoxy) is 1. The highest BCUT2D eigenvalue weighted by Gasteiger charge is 2.33. The van der Waals surface area contributed by atoms with E-state index in [1.54, 1.807) is 13.2 Å². The van der Waals surface area contributed by atoms with Crippen LogP contribution in [0.5, 0.6) is 5.75 Å². The fraction of sp³-hybridized carbons (Fsp3) is 0.467. The van der Waals surface area contributed by atoms with Gasteiger partial charge in [-0.25, -0.2) is 23.8 Å². The number of piperidine rings is 1. The molecule has 3 aliphatic rings. The average Bonchev–Trinajstić information content (AvgIpc) is 3.51. The molecule has 4 heterocycles. The van der Waals surface area contributed by atoms with Crippen molar-refractivity contribution in [3.63, 3.8) is 0 Å². The van der Waals surface area contributed by atoms with Gasteiger partial charge in [0.15, 0.2) is 5.82 Å². The van der Waals surface area contributed by atoms with E-state index in [2.05, 4.69) is 49.2 Å². The van der Waals surface area contributed by atoms with Crippen molar-refractivity contribution < 1.29 is 18.4 Å². The van der Waals surface area contributed by atoms with Gasteiger partial charge in [-0.05, 0) is 38.1 Å². The van der Waals surface area contributed by atoms with Crippen molar-refractivity contribution >= 4 is 34.6 Å². The third-order valence-corrected chi connectivity index (χ3v) is 8.89. The van der Waals surface area contributed by atoms with Crippen molar-refractivity contribution in [2.75, 3.05) is 75.3 Å². The van der Waals surface area contributed by atoms with Crippen LogP contribution < -0.4 is 20.0 Å². The maximum Gasteiger partial charge on any atom is 0.158 e. The molecule has 3 aromatic rings. The van der Waals surface area contributed by atoms with E-state index >= 15 is 0 Å². The van der Waals surface area contributed by atoms with Gasteiger partial charge in [-0.1, -0.05) is 17.7 Å². The topological polar surface area (TPSA) is 69.2 Å². The van der Waals surface area contributed by atoms with Crippen molar-refractivity contribution in [3.05, 3.63) is 64.9 Å². The van der Waals surface area contributed by atoms with Crippen LogP contribution in [0.25, 0.3) is 0 Å². The van der Waals surface area contributed by atoms with Gasteiger partial charge in [0.2, 0.25) is 0 Å². The molecule has 0 amide bonds. The SMILES string of the molecule is COc1cc(N2CCC(N3CCN(C)CC3)CC2)ccc1Nc1cc(N2OCC[C@@H]2c2ccc(F)c(Cl)c2F)ncn1. The first-order valence-corrected chi connectivity index (χ1v) is 14.8. The second kappa shape index (κ2) is 12.5. The van der Waals surface area contributed by atoms with E-state index in [4.69, 9.17) is 21.2 Å². The standard InChI is InChI=1S/C30H36ClF2N7O2/c1-37-12-14-39(15-13-37)20-7-10-38(11-8-20)21-3-6-24(26(17-21)41-2)36-27-18-28(35-19-34-27)40-25(9-16-42-40)22-4-5-23(32)29(31)30(22)33/h3-6,17-20,25H,7-16H2,1-2H3,(H,34,35,36)/t25-/m1/s1. The Morgan fingerprint density at radius 3 is 2.52 bits per heavy atom. The summed E-state index contributed by atoms with van der Waals surface area (Å²) >= 11 is 5.84. The summed E-state index contributed by atoms with van der Waals surface area (Å²) in [5.74, 6) is 0.0664. The van der Waals surface area contributed by atoms with Crippen LogP contribution in [0.2, 0.25) is 5.02 Å². The summed E-state index contributed by atoms with van der Waals surface area (Å²) in [6.45, 7) is 6.98. The molecule has 3 aliphatic heterocycles. The molecule has 1 atom stereocenters. The zero-order chi connectivity index (χ0) is 29.2. The van der Waals surface area contributed by atoms with Crippen LogP contribution in [-0.4, -0.2) is 85.8 Å². The summed E-state index contributed by atoms with van der Waals surface area (Å²) in [6.07, 6.45) is 4.22. The molecule has 0 spiro atoms. The second-order valence-corrected chi connectivity index (χ2v) is 11.4. The number of likely N-dealkylation sites (N-methyl/N-ethyl adjacent to an activating group) is 1. The minimum atomic E-state index is -0.799. The Hall–Kier alpha value is -3.25. The average molecular weight is 600 g/mol. The van der Waals surface area contributed by atoms with Crippen molar-refractivity contribution in [1.29, 1.82) is 0 Å². The number of piperazine rings is 1. The molecular formula is C30H36ClF2N7O2. The van der Waals surface area contributed by atoms with Crippen LogP contribution in [0.15, 0.2) is 42.7 Å². The molecule has 0 unspecified atom stereocenters. The first-order chi connectivity index (χ1) is 20.4. The first-order valence-electron chi connectivity index (χ1n) is 14.4. The normalized spacial score (nSPS) is 20.7. The van der Waals surface area contributed by atoms with Crippen LogP contribution in [0.1, 0.15) is 30.9 Å². The first kappa shape index (κ1) is 28.9. The van der Waals surface area contributed by atoms with Gasteiger partial charge in [0, 0.05) is 75.1 Å². The highest BCUT2D eigenvalue weighted by molar-refractivity contribution is 6.31. The molecule has 42 heavy (non-hydrogen) atoms. The molecule has 3 saturated heterocycles. The molecule has 1 aromatic heterocycles. The Morgan fingerprint density at radius 2 is 1.76 bits per heavy atom. The number of hydrogen-bond acceptors (Lipinski definition) is 9. The Balaban J connectivity index is 1.13. The summed E-state index contributed by atoms with van der Waals surface area (Å²) in [5, 5.41) is 4.31. The van der Waals surface area contributed by atoms with Crippen LogP contribution in [0, 0.1) is 11.6 Å². The monoisotopic (exact) mass is 599 g/mol. The van der Waals surface area contributed by atoms with Gasteiger partial charge < -0.3 is 19.9 Å². The minimum Gasteiger partial charge on any atom is -0.494 e. The smallest absolute Gasteiger partial charge is 0.158 e. The number of halogens is 3. The van der Waals surface area contributed by atoms with Gasteiger partial charge in [0.1, 0.15) is 34.6 Å². The Bertz CT molecular complexity index is 1400. The Kier molecular flexibility index (Phi) is 8.62. The molecule has 6 rings (SSSR count). The van der Waals surface area contributed by atoms with Gasteiger partial charge >= 0.3 is 0 Å². The summed E-state index contributed by atoms with van der Waals surface area (Å²) in [6, 6.07) is 10.6. The van der Waals surface area contributed by atoms with E-state index in [1.807, 2.05) is 6.07 Å². The largest absolute Gasteiger partial charge is 0.494 e. The summed E-state index contributed by atoms with van der Waals surface area (Å²) < 4.78 is 34.3. The molecule has 2 aromatic carbocycles. The van der Waals surface area contributed by atoms with E-state index in [1.165, 1.54) is 17.5 Å². The molecular weight excluding hydrogens is 564 g/mol. The van der Waals surface area contributed by atoms with E-state index < -0.39 is 22.7 Å². The molecule has 224 valence electrons. The summed E-state index contributed by atoms with van der Waals surface area (Å²) in [4.78, 5) is 22.0. The lowest BCUT2D eigenvalue weighted by Gasteiger charge is -2.42. The number of benzene rings is 2. The second-order valence-electron chi connectivity index (χ2n) is 11.1. The van der Waals surface area contributed by atoms with E-state index in [9.17, 15) is 8.78 Å². The number of anilines is 4. The van der Waals surface area contributed by atoms with Gasteiger partial charge in [0.05, 0.1) is 25.4 Å². The quantitative estimate of drug-likeness (QED) is 0.366. The molecule has 12 heteroatoms. The predicted octanol–water partition coefficient (Wildman–Crippen LogP) is 5.26. The van der Waals surface area contributed by atoms with E-state index in [0.29, 0.717) is 36.5 Å². The van der Waals surface area contributed by atoms with E-state index in [0.717, 1.165) is 69.6 Å². The predicted molar refractivity (Wildman–Crippen MR) is 160 cm³/mol. The van der Waals surface area contributed by atoms with Crippen molar-refractivity contribution in [2.45, 2.75) is 31.3 Å². The van der Waals surface area contributed by atoms with E-state index in [-0.39, 0.29) is 5.56 Å². The molecule has 0 radical (unpaired) electrons. The number of methoxy groups -OCH3 is 1. The minimum absolute atomic E-state index is 0.247. The van der Waals surface area contributed by atoms with Crippen LogP contribution >= 0.6 is 11.6 Å². The number of hydroxylamine groups is 1. The third-order valence-electron chi connectivity index (χ3n) is 8.54. The van der Waals surface area contributed by atoms with Gasteiger partial charge in [-0.2, -0.15) is 0 Å². The highest BCUT2D eigenvalue weighted by atomic mass is 35.5. The van der Waals surface area contributed by atoms with Crippen LogP contribution in [0.3, 0.4) is 0 Å². The van der Waals surface area contributed by atoms with Gasteiger partial charge in [-0.15, -0.1) is 0 Å². The fourth-order valence-electron chi connectivity index (χ4n) is 6.11. The fourth-order valence-corrected chi connectivity index (χ4v) is 6.28. The van der Waals surface area contributed by atoms with Crippen molar-refractivity contribution in [3.8, 4) is 5.75 Å². The zero-order valence-corrected chi connectivity index (χ0v) is 24.7. The Labute approximate surface area is 249 Å². The summed E-state index contributed by atoms with van der Waals surface area (Å²) in [7, 11) is 3.85. The number of hydrogen-bond donors (Lipinski definition) is 1. The lowest BCUT2D eigenvalue weighted by atomic mass is 10.0. The zero-order valence-electron chi connectivity index (χ0n) is 23.9. The number of nitrogens with one attached hydrogen (secondary N) is 1. The number of nitrogens with zero attached hydrogens (tertiary/aromatic N) is 6. The molecule has 0 bridgehead atoms. The highest BCUT2D eigenvalue weighted by Crippen LogP contribution is 2.39. The third kappa shape index (κ3) is 5.96. The molecule has 3 fully saturated rings. The summed E-state index contributed by atoms with van der Waals surface area (Å²) in [5.41, 5.74) is 2.14.